The summed E-state index contributed by atoms with van der Waals surface area (Å²) in [6, 6.07) is 12.4. The van der Waals surface area contributed by atoms with Crippen LogP contribution in [0.2, 0.25) is 0 Å². The number of rotatable bonds is 3. The smallest absolute Gasteiger partial charge is 0.323 e. The Morgan fingerprint density at radius 1 is 1.18 bits per heavy atom. The minimum absolute atomic E-state index is 0.333. The number of imidazole rings is 1. The molecule has 0 unspecified atom stereocenters. The molecular formula is C16H16N4O2. The quantitative estimate of drug-likeness (QED) is 0.692. The maximum absolute atomic E-state index is 12.1. The van der Waals surface area contributed by atoms with Crippen LogP contribution < -0.4 is 15.4 Å². The van der Waals surface area contributed by atoms with E-state index in [0.29, 0.717) is 17.1 Å². The molecule has 22 heavy (non-hydrogen) atoms. The Hall–Kier alpha value is -3.02. The van der Waals surface area contributed by atoms with E-state index in [-0.39, 0.29) is 6.03 Å². The maximum Gasteiger partial charge on any atom is 0.323 e. The predicted octanol–water partition coefficient (Wildman–Crippen LogP) is 3.52. The first-order chi connectivity index (χ1) is 10.7. The lowest BCUT2D eigenvalue weighted by Crippen LogP contribution is -2.19. The number of urea groups is 1. The van der Waals surface area contributed by atoms with Crippen molar-refractivity contribution in [2.45, 2.75) is 6.92 Å². The van der Waals surface area contributed by atoms with Gasteiger partial charge in [0.1, 0.15) is 11.6 Å². The lowest BCUT2D eigenvalue weighted by Gasteiger charge is -2.10. The number of amides is 2. The average Bonchev–Trinajstić information content (AvgIpc) is 2.87. The molecule has 6 nitrogen and oxygen atoms in total. The molecule has 0 aliphatic heterocycles. The highest BCUT2D eigenvalue weighted by Gasteiger charge is 2.08. The van der Waals surface area contributed by atoms with Crippen LogP contribution in [-0.2, 0) is 0 Å². The zero-order valence-electron chi connectivity index (χ0n) is 12.3. The van der Waals surface area contributed by atoms with E-state index in [9.17, 15) is 4.79 Å². The molecule has 0 atom stereocenters. The standard InChI is InChI=1S/C16H16N4O2/c1-10-17-12-8-7-11(9-14(12)18-10)19-16(21)20-13-5-3-4-6-15(13)22-2/h3-9H,1-2H3,(H,17,18)(H2,19,20,21). The van der Waals surface area contributed by atoms with Gasteiger partial charge in [-0.2, -0.15) is 0 Å². The van der Waals surface area contributed by atoms with Crippen molar-refractivity contribution >= 4 is 28.4 Å². The minimum Gasteiger partial charge on any atom is -0.495 e. The van der Waals surface area contributed by atoms with Gasteiger partial charge in [-0.15, -0.1) is 0 Å². The fraction of sp³-hybridized carbons (Fsp3) is 0.125. The Labute approximate surface area is 127 Å². The SMILES string of the molecule is COc1ccccc1NC(=O)Nc1ccc2nc(C)[nH]c2c1. The van der Waals surface area contributed by atoms with Crippen LogP contribution >= 0.6 is 0 Å². The van der Waals surface area contributed by atoms with Gasteiger partial charge in [-0.05, 0) is 37.3 Å². The van der Waals surface area contributed by atoms with Crippen LogP contribution in [0.5, 0.6) is 5.75 Å². The molecule has 3 rings (SSSR count). The summed E-state index contributed by atoms with van der Waals surface area (Å²) in [4.78, 5) is 19.5. The number of hydrogen-bond donors (Lipinski definition) is 3. The summed E-state index contributed by atoms with van der Waals surface area (Å²) >= 11 is 0. The van der Waals surface area contributed by atoms with Gasteiger partial charge in [0.25, 0.3) is 0 Å². The molecule has 0 spiro atoms. The number of aryl methyl sites for hydroxylation is 1. The zero-order chi connectivity index (χ0) is 15.5. The number of fused-ring (bicyclic) bond motifs is 1. The lowest BCUT2D eigenvalue weighted by atomic mass is 10.2. The minimum atomic E-state index is -0.333. The molecule has 2 aromatic carbocycles. The van der Waals surface area contributed by atoms with Gasteiger partial charge in [0.05, 0.1) is 23.8 Å². The molecule has 0 saturated heterocycles. The third-order valence-corrected chi connectivity index (χ3v) is 3.21. The van der Waals surface area contributed by atoms with Gasteiger partial charge in [-0.1, -0.05) is 12.1 Å². The van der Waals surface area contributed by atoms with E-state index in [1.165, 1.54) is 0 Å². The normalized spacial score (nSPS) is 10.5. The number of hydrogen-bond acceptors (Lipinski definition) is 3. The fourth-order valence-corrected chi connectivity index (χ4v) is 2.25. The van der Waals surface area contributed by atoms with E-state index in [4.69, 9.17) is 4.74 Å². The number of aromatic amines is 1. The number of aromatic nitrogens is 2. The topological polar surface area (TPSA) is 79.0 Å². The van der Waals surface area contributed by atoms with Crippen molar-refractivity contribution in [3.8, 4) is 5.75 Å². The van der Waals surface area contributed by atoms with Gasteiger partial charge >= 0.3 is 6.03 Å². The van der Waals surface area contributed by atoms with Gasteiger partial charge < -0.3 is 20.4 Å². The predicted molar refractivity (Wildman–Crippen MR) is 86.5 cm³/mol. The van der Waals surface area contributed by atoms with Gasteiger partial charge in [0.15, 0.2) is 0 Å². The third-order valence-electron chi connectivity index (χ3n) is 3.21. The monoisotopic (exact) mass is 296 g/mol. The molecule has 0 radical (unpaired) electrons. The summed E-state index contributed by atoms with van der Waals surface area (Å²) in [6.07, 6.45) is 0. The summed E-state index contributed by atoms with van der Waals surface area (Å²) in [5.74, 6) is 1.45. The van der Waals surface area contributed by atoms with Crippen molar-refractivity contribution in [2.24, 2.45) is 0 Å². The number of anilines is 2. The molecule has 3 N–H and O–H groups in total. The van der Waals surface area contributed by atoms with Crippen molar-refractivity contribution in [2.75, 3.05) is 17.7 Å². The van der Waals surface area contributed by atoms with Gasteiger partial charge in [-0.25, -0.2) is 9.78 Å². The Morgan fingerprint density at radius 3 is 2.82 bits per heavy atom. The second-order valence-corrected chi connectivity index (χ2v) is 4.83. The summed E-state index contributed by atoms with van der Waals surface area (Å²) in [5, 5.41) is 5.55. The Morgan fingerprint density at radius 2 is 2.00 bits per heavy atom. The van der Waals surface area contributed by atoms with Gasteiger partial charge in [0.2, 0.25) is 0 Å². The first-order valence-corrected chi connectivity index (χ1v) is 6.83. The highest BCUT2D eigenvalue weighted by atomic mass is 16.5. The fourth-order valence-electron chi connectivity index (χ4n) is 2.25. The second kappa shape index (κ2) is 5.77. The number of methoxy groups -OCH3 is 1. The molecule has 2 amide bonds. The van der Waals surface area contributed by atoms with E-state index in [1.807, 2.05) is 37.3 Å². The maximum atomic E-state index is 12.1. The van der Waals surface area contributed by atoms with Gasteiger partial charge in [0, 0.05) is 5.69 Å². The summed E-state index contributed by atoms with van der Waals surface area (Å²) in [5.41, 5.74) is 3.05. The number of H-pyrrole nitrogens is 1. The van der Waals surface area contributed by atoms with Crippen LogP contribution in [0, 0.1) is 6.92 Å². The number of para-hydroxylation sites is 2. The van der Waals surface area contributed by atoms with Crippen molar-refractivity contribution < 1.29 is 9.53 Å². The van der Waals surface area contributed by atoms with E-state index >= 15 is 0 Å². The van der Waals surface area contributed by atoms with E-state index in [2.05, 4.69) is 20.6 Å². The van der Waals surface area contributed by atoms with Crippen LogP contribution in [0.4, 0.5) is 16.2 Å². The number of nitrogens with zero attached hydrogens (tertiary/aromatic N) is 1. The van der Waals surface area contributed by atoms with Crippen LogP contribution in [0.1, 0.15) is 5.82 Å². The van der Waals surface area contributed by atoms with E-state index in [1.54, 1.807) is 19.2 Å². The zero-order valence-corrected chi connectivity index (χ0v) is 12.3. The first kappa shape index (κ1) is 13.9. The van der Waals surface area contributed by atoms with Crippen molar-refractivity contribution in [3.63, 3.8) is 0 Å². The highest BCUT2D eigenvalue weighted by molar-refractivity contribution is 6.01. The number of carbonyl (C=O) groups is 1. The van der Waals surface area contributed by atoms with Crippen LogP contribution in [-0.4, -0.2) is 23.1 Å². The molecule has 1 heterocycles. The van der Waals surface area contributed by atoms with Crippen molar-refractivity contribution in [1.29, 1.82) is 0 Å². The summed E-state index contributed by atoms with van der Waals surface area (Å²) < 4.78 is 5.20. The number of carbonyl (C=O) groups excluding carboxylic acids is 1. The molecule has 0 bridgehead atoms. The first-order valence-electron chi connectivity index (χ1n) is 6.83. The second-order valence-electron chi connectivity index (χ2n) is 4.83. The molecule has 0 fully saturated rings. The molecule has 6 heteroatoms. The summed E-state index contributed by atoms with van der Waals surface area (Å²) in [6.45, 7) is 1.89. The number of nitrogens with one attached hydrogen (secondary N) is 3. The molecule has 3 aromatic rings. The Kier molecular flexibility index (Phi) is 3.65. The Balaban J connectivity index is 1.75. The van der Waals surface area contributed by atoms with Crippen LogP contribution in [0.25, 0.3) is 11.0 Å². The molecule has 0 aliphatic carbocycles. The van der Waals surface area contributed by atoms with Crippen LogP contribution in [0.3, 0.4) is 0 Å². The number of benzene rings is 2. The molecule has 0 saturated carbocycles. The molecular weight excluding hydrogens is 280 g/mol. The van der Waals surface area contributed by atoms with E-state index in [0.717, 1.165) is 16.9 Å². The lowest BCUT2D eigenvalue weighted by molar-refractivity contribution is 0.262. The van der Waals surface area contributed by atoms with Crippen molar-refractivity contribution in [3.05, 3.63) is 48.3 Å². The summed E-state index contributed by atoms with van der Waals surface area (Å²) in [7, 11) is 1.56. The van der Waals surface area contributed by atoms with E-state index < -0.39 is 0 Å². The van der Waals surface area contributed by atoms with Crippen LogP contribution in [0.15, 0.2) is 42.5 Å². The van der Waals surface area contributed by atoms with Gasteiger partial charge in [-0.3, -0.25) is 0 Å². The third kappa shape index (κ3) is 2.85. The molecule has 1 aromatic heterocycles. The van der Waals surface area contributed by atoms with Crippen molar-refractivity contribution in [1.82, 2.24) is 9.97 Å². The molecule has 112 valence electrons. The number of ether oxygens (including phenoxy) is 1. The largest absolute Gasteiger partial charge is 0.495 e. The highest BCUT2D eigenvalue weighted by Crippen LogP contribution is 2.23. The average molecular weight is 296 g/mol. The Bertz CT molecular complexity index is 826. The molecule has 0 aliphatic rings.